The second-order valence-corrected chi connectivity index (χ2v) is 5.37. The van der Waals surface area contributed by atoms with Gasteiger partial charge in [-0.25, -0.2) is 4.39 Å². The van der Waals surface area contributed by atoms with Crippen LogP contribution in [0.3, 0.4) is 0 Å². The van der Waals surface area contributed by atoms with E-state index in [-0.39, 0.29) is 11.9 Å². The van der Waals surface area contributed by atoms with E-state index in [1.807, 2.05) is 18.2 Å². The fourth-order valence-electron chi connectivity index (χ4n) is 1.74. The van der Waals surface area contributed by atoms with Crippen LogP contribution in [0.1, 0.15) is 17.2 Å². The molecule has 0 amide bonds. The Labute approximate surface area is 119 Å². The molecule has 94 valence electrons. The molecule has 0 fully saturated rings. The van der Waals surface area contributed by atoms with Gasteiger partial charge in [-0.05, 0) is 57.7 Å². The van der Waals surface area contributed by atoms with E-state index in [1.54, 1.807) is 12.1 Å². The topological polar surface area (TPSA) is 26.0 Å². The molecule has 2 rings (SSSR count). The van der Waals surface area contributed by atoms with Gasteiger partial charge in [-0.3, -0.25) is 0 Å². The van der Waals surface area contributed by atoms with E-state index < -0.39 is 0 Å². The van der Waals surface area contributed by atoms with Gasteiger partial charge in [0.05, 0.1) is 5.02 Å². The first-order chi connectivity index (χ1) is 8.56. The Morgan fingerprint density at radius 1 is 1.17 bits per heavy atom. The van der Waals surface area contributed by atoms with Gasteiger partial charge < -0.3 is 5.73 Å². The number of nitrogens with two attached hydrogens (primary N) is 1. The minimum atomic E-state index is -0.235. The van der Waals surface area contributed by atoms with Crippen molar-refractivity contribution >= 4 is 27.5 Å². The SMILES string of the molecule is NC(Cc1ccc(F)cc1)c1ccc(Cl)c(Br)c1. The van der Waals surface area contributed by atoms with Gasteiger partial charge in [-0.2, -0.15) is 0 Å². The monoisotopic (exact) mass is 327 g/mol. The average molecular weight is 329 g/mol. The highest BCUT2D eigenvalue weighted by molar-refractivity contribution is 9.10. The van der Waals surface area contributed by atoms with Crippen LogP contribution in [0, 0.1) is 5.82 Å². The Bertz CT molecular complexity index is 542. The maximum absolute atomic E-state index is 12.8. The summed E-state index contributed by atoms with van der Waals surface area (Å²) in [6.07, 6.45) is 0.661. The Morgan fingerprint density at radius 3 is 2.44 bits per heavy atom. The number of hydrogen-bond acceptors (Lipinski definition) is 1. The summed E-state index contributed by atoms with van der Waals surface area (Å²) >= 11 is 9.31. The Balaban J connectivity index is 2.13. The summed E-state index contributed by atoms with van der Waals surface area (Å²) in [6.45, 7) is 0. The summed E-state index contributed by atoms with van der Waals surface area (Å²) in [6, 6.07) is 11.9. The molecule has 0 aliphatic rings. The first kappa shape index (κ1) is 13.5. The molecule has 1 unspecified atom stereocenters. The summed E-state index contributed by atoms with van der Waals surface area (Å²) in [5, 5.41) is 0.660. The normalized spacial score (nSPS) is 12.4. The summed E-state index contributed by atoms with van der Waals surface area (Å²) in [4.78, 5) is 0. The number of rotatable bonds is 3. The van der Waals surface area contributed by atoms with Crippen molar-refractivity contribution in [3.63, 3.8) is 0 Å². The van der Waals surface area contributed by atoms with Crippen LogP contribution in [-0.4, -0.2) is 0 Å². The molecule has 0 aliphatic carbocycles. The lowest BCUT2D eigenvalue weighted by molar-refractivity contribution is 0.625. The standard InChI is InChI=1S/C14H12BrClFN/c15-12-8-10(3-6-13(12)16)14(18)7-9-1-4-11(17)5-2-9/h1-6,8,14H,7,18H2. The lowest BCUT2D eigenvalue weighted by Gasteiger charge is -2.13. The molecule has 0 heterocycles. The van der Waals surface area contributed by atoms with E-state index in [0.29, 0.717) is 11.4 Å². The van der Waals surface area contributed by atoms with Crippen LogP contribution in [0.15, 0.2) is 46.9 Å². The van der Waals surface area contributed by atoms with Crippen LogP contribution in [0.5, 0.6) is 0 Å². The van der Waals surface area contributed by atoms with Gasteiger partial charge in [-0.1, -0.05) is 29.8 Å². The largest absolute Gasteiger partial charge is 0.324 e. The van der Waals surface area contributed by atoms with Gasteiger partial charge in [0.1, 0.15) is 5.82 Å². The number of hydrogen-bond donors (Lipinski definition) is 1. The lowest BCUT2D eigenvalue weighted by atomic mass is 10.00. The quantitative estimate of drug-likeness (QED) is 0.883. The molecular weight excluding hydrogens is 317 g/mol. The zero-order valence-corrected chi connectivity index (χ0v) is 11.9. The molecule has 1 atom stereocenters. The lowest BCUT2D eigenvalue weighted by Crippen LogP contribution is -2.13. The van der Waals surface area contributed by atoms with Gasteiger partial charge in [0.15, 0.2) is 0 Å². The number of halogens is 3. The Morgan fingerprint density at radius 2 is 1.83 bits per heavy atom. The molecule has 4 heteroatoms. The van der Waals surface area contributed by atoms with E-state index in [1.165, 1.54) is 12.1 Å². The predicted molar refractivity (Wildman–Crippen MR) is 76.2 cm³/mol. The third kappa shape index (κ3) is 3.31. The van der Waals surface area contributed by atoms with E-state index in [2.05, 4.69) is 15.9 Å². The zero-order chi connectivity index (χ0) is 13.1. The molecule has 0 aromatic heterocycles. The van der Waals surface area contributed by atoms with Crippen molar-refractivity contribution < 1.29 is 4.39 Å². The molecule has 2 N–H and O–H groups in total. The first-order valence-electron chi connectivity index (χ1n) is 5.51. The molecule has 2 aromatic rings. The van der Waals surface area contributed by atoms with Crippen molar-refractivity contribution in [3.8, 4) is 0 Å². The smallest absolute Gasteiger partial charge is 0.123 e. The highest BCUT2D eigenvalue weighted by Gasteiger charge is 2.09. The van der Waals surface area contributed by atoms with Gasteiger partial charge in [0.2, 0.25) is 0 Å². The molecular formula is C14H12BrClFN. The molecule has 18 heavy (non-hydrogen) atoms. The minimum absolute atomic E-state index is 0.135. The van der Waals surface area contributed by atoms with E-state index in [0.717, 1.165) is 15.6 Å². The second kappa shape index (κ2) is 5.83. The Kier molecular flexibility index (Phi) is 4.38. The molecule has 0 bridgehead atoms. The van der Waals surface area contributed by atoms with Crippen LogP contribution < -0.4 is 5.73 Å². The van der Waals surface area contributed by atoms with Crippen LogP contribution in [0.4, 0.5) is 4.39 Å². The van der Waals surface area contributed by atoms with E-state index in [9.17, 15) is 4.39 Å². The van der Waals surface area contributed by atoms with Crippen molar-refractivity contribution in [1.29, 1.82) is 0 Å². The highest BCUT2D eigenvalue weighted by atomic mass is 79.9. The summed E-state index contributed by atoms with van der Waals surface area (Å²) in [5.41, 5.74) is 8.13. The fourth-order valence-corrected chi connectivity index (χ4v) is 2.25. The molecule has 1 nitrogen and oxygen atoms in total. The zero-order valence-electron chi connectivity index (χ0n) is 9.54. The maximum atomic E-state index is 12.8. The predicted octanol–water partition coefficient (Wildman–Crippen LogP) is 4.48. The molecule has 2 aromatic carbocycles. The van der Waals surface area contributed by atoms with Crippen molar-refractivity contribution in [1.82, 2.24) is 0 Å². The third-order valence-corrected chi connectivity index (χ3v) is 3.95. The fraction of sp³-hybridized carbons (Fsp3) is 0.143. The van der Waals surface area contributed by atoms with Crippen LogP contribution in [0.2, 0.25) is 5.02 Å². The van der Waals surface area contributed by atoms with Crippen LogP contribution in [0.25, 0.3) is 0 Å². The van der Waals surface area contributed by atoms with Crippen molar-refractivity contribution in [3.05, 3.63) is 68.9 Å². The van der Waals surface area contributed by atoms with Gasteiger partial charge in [-0.15, -0.1) is 0 Å². The average Bonchev–Trinajstić information content (AvgIpc) is 2.35. The Hall–Kier alpha value is -0.900. The molecule has 0 radical (unpaired) electrons. The number of benzene rings is 2. The molecule has 0 aliphatic heterocycles. The molecule has 0 saturated heterocycles. The summed E-state index contributed by atoms with van der Waals surface area (Å²) < 4.78 is 13.6. The maximum Gasteiger partial charge on any atom is 0.123 e. The van der Waals surface area contributed by atoms with E-state index >= 15 is 0 Å². The second-order valence-electron chi connectivity index (χ2n) is 4.11. The summed E-state index contributed by atoms with van der Waals surface area (Å²) in [5.74, 6) is -0.235. The van der Waals surface area contributed by atoms with Crippen molar-refractivity contribution in [2.24, 2.45) is 5.73 Å². The van der Waals surface area contributed by atoms with Gasteiger partial charge >= 0.3 is 0 Å². The third-order valence-electron chi connectivity index (χ3n) is 2.74. The molecule has 0 spiro atoms. The highest BCUT2D eigenvalue weighted by Crippen LogP contribution is 2.26. The van der Waals surface area contributed by atoms with E-state index in [4.69, 9.17) is 17.3 Å². The molecule has 0 saturated carbocycles. The van der Waals surface area contributed by atoms with Crippen LogP contribution >= 0.6 is 27.5 Å². The summed E-state index contributed by atoms with van der Waals surface area (Å²) in [7, 11) is 0. The van der Waals surface area contributed by atoms with Crippen LogP contribution in [-0.2, 0) is 6.42 Å². The van der Waals surface area contributed by atoms with Gasteiger partial charge in [0, 0.05) is 10.5 Å². The van der Waals surface area contributed by atoms with Crippen molar-refractivity contribution in [2.75, 3.05) is 0 Å². The minimum Gasteiger partial charge on any atom is -0.324 e. The van der Waals surface area contributed by atoms with Gasteiger partial charge in [0.25, 0.3) is 0 Å². The van der Waals surface area contributed by atoms with Crippen molar-refractivity contribution in [2.45, 2.75) is 12.5 Å². The first-order valence-corrected chi connectivity index (χ1v) is 6.68.